The van der Waals surface area contributed by atoms with Crippen molar-refractivity contribution in [1.29, 1.82) is 5.26 Å². The molecule has 2 atom stereocenters. The molecule has 1 saturated carbocycles. The number of rotatable bonds is 7. The van der Waals surface area contributed by atoms with Gasteiger partial charge >= 0.3 is 0 Å². The normalized spacial score (nSPS) is 15.9. The monoisotopic (exact) mass is 375 g/mol. The number of aromatic nitrogens is 3. The highest BCUT2D eigenvalue weighted by Crippen LogP contribution is 2.40. The Morgan fingerprint density at radius 3 is 2.86 bits per heavy atom. The van der Waals surface area contributed by atoms with Crippen molar-refractivity contribution in [2.24, 2.45) is 11.7 Å². The van der Waals surface area contributed by atoms with Gasteiger partial charge in [-0.05, 0) is 55.9 Å². The zero-order valence-corrected chi connectivity index (χ0v) is 16.3. The third-order valence-electron chi connectivity index (χ3n) is 5.08. The summed E-state index contributed by atoms with van der Waals surface area (Å²) in [5.74, 6) is 1.50. The van der Waals surface area contributed by atoms with Gasteiger partial charge in [-0.1, -0.05) is 13.0 Å². The molecule has 6 heteroatoms. The first-order chi connectivity index (χ1) is 13.5. The second-order valence-electron chi connectivity index (χ2n) is 7.91. The van der Waals surface area contributed by atoms with E-state index < -0.39 is 0 Å². The third-order valence-corrected chi connectivity index (χ3v) is 5.08. The van der Waals surface area contributed by atoms with Gasteiger partial charge in [-0.3, -0.25) is 0 Å². The summed E-state index contributed by atoms with van der Waals surface area (Å²) in [6.45, 7) is 4.64. The van der Waals surface area contributed by atoms with Crippen LogP contribution in [0.3, 0.4) is 0 Å². The Morgan fingerprint density at radius 1 is 1.32 bits per heavy atom. The molecule has 28 heavy (non-hydrogen) atoms. The van der Waals surface area contributed by atoms with Gasteiger partial charge in [0.15, 0.2) is 5.65 Å². The smallest absolute Gasteiger partial charge is 0.161 e. The quantitative estimate of drug-likeness (QED) is 0.676. The average molecular weight is 375 g/mol. The maximum absolute atomic E-state index is 9.62. The molecule has 1 aliphatic rings. The molecule has 2 unspecified atom stereocenters. The summed E-state index contributed by atoms with van der Waals surface area (Å²) in [6, 6.07) is 10.1. The van der Waals surface area contributed by atoms with Gasteiger partial charge in [-0.25, -0.2) is 9.50 Å². The summed E-state index contributed by atoms with van der Waals surface area (Å²) >= 11 is 0. The maximum Gasteiger partial charge on any atom is 0.161 e. The summed E-state index contributed by atoms with van der Waals surface area (Å²) in [7, 11) is 0. The van der Waals surface area contributed by atoms with Crippen LogP contribution in [0.15, 0.2) is 36.7 Å². The predicted molar refractivity (Wildman–Crippen MR) is 108 cm³/mol. The number of nitrogens with two attached hydrogens (primary N) is 1. The van der Waals surface area contributed by atoms with Crippen LogP contribution in [0.4, 0.5) is 0 Å². The molecular formula is C22H25N5O. The van der Waals surface area contributed by atoms with Crippen LogP contribution in [0, 0.1) is 17.2 Å². The van der Waals surface area contributed by atoms with Crippen LogP contribution >= 0.6 is 0 Å². The van der Waals surface area contributed by atoms with Crippen LogP contribution in [-0.2, 0) is 0 Å². The number of hydrogen-bond acceptors (Lipinski definition) is 5. The van der Waals surface area contributed by atoms with Gasteiger partial charge in [0, 0.05) is 23.7 Å². The lowest BCUT2D eigenvalue weighted by atomic mass is 10.0. The van der Waals surface area contributed by atoms with E-state index in [1.165, 1.54) is 12.8 Å². The number of imidazole rings is 1. The van der Waals surface area contributed by atoms with E-state index in [0.29, 0.717) is 29.8 Å². The summed E-state index contributed by atoms with van der Waals surface area (Å²) in [4.78, 5) is 4.79. The van der Waals surface area contributed by atoms with Crippen molar-refractivity contribution in [3.63, 3.8) is 0 Å². The van der Waals surface area contributed by atoms with Crippen LogP contribution in [-0.4, -0.2) is 27.2 Å². The fourth-order valence-electron chi connectivity index (χ4n) is 3.56. The van der Waals surface area contributed by atoms with Crippen LogP contribution in [0.2, 0.25) is 0 Å². The highest BCUT2D eigenvalue weighted by Gasteiger charge is 2.27. The molecule has 144 valence electrons. The molecule has 0 saturated heterocycles. The van der Waals surface area contributed by atoms with Crippen LogP contribution in [0.25, 0.3) is 16.8 Å². The second kappa shape index (κ2) is 7.61. The van der Waals surface area contributed by atoms with E-state index in [2.05, 4.69) is 18.1 Å². The van der Waals surface area contributed by atoms with Crippen molar-refractivity contribution >= 4 is 5.65 Å². The van der Waals surface area contributed by atoms with E-state index in [1.54, 1.807) is 6.20 Å². The Kier molecular flexibility index (Phi) is 5.01. The first kappa shape index (κ1) is 18.5. The van der Waals surface area contributed by atoms with Crippen molar-refractivity contribution in [2.75, 3.05) is 6.61 Å². The molecule has 1 aromatic carbocycles. The Bertz CT molecular complexity index is 1030. The van der Waals surface area contributed by atoms with Crippen molar-refractivity contribution in [3.8, 4) is 22.9 Å². The molecule has 0 aliphatic heterocycles. The van der Waals surface area contributed by atoms with Crippen molar-refractivity contribution in [3.05, 3.63) is 47.9 Å². The maximum atomic E-state index is 9.62. The Labute approximate surface area is 165 Å². The molecule has 6 nitrogen and oxygen atoms in total. The molecule has 0 amide bonds. The minimum Gasteiger partial charge on any atom is -0.492 e. The Balaban J connectivity index is 1.61. The summed E-state index contributed by atoms with van der Waals surface area (Å²) in [5, 5.41) is 14.0. The number of nitriles is 1. The lowest BCUT2D eigenvalue weighted by Gasteiger charge is -2.16. The fraction of sp³-hybridized carbons (Fsp3) is 0.409. The molecule has 3 aromatic rings. The highest BCUT2D eigenvalue weighted by atomic mass is 16.5. The molecule has 4 rings (SSSR count). The van der Waals surface area contributed by atoms with Gasteiger partial charge < -0.3 is 10.5 Å². The predicted octanol–water partition coefficient (Wildman–Crippen LogP) is 3.90. The minimum absolute atomic E-state index is 0.139. The van der Waals surface area contributed by atoms with Gasteiger partial charge in [0.05, 0.1) is 24.1 Å². The molecule has 0 bridgehead atoms. The summed E-state index contributed by atoms with van der Waals surface area (Å²) < 4.78 is 7.73. The van der Waals surface area contributed by atoms with Crippen molar-refractivity contribution in [2.45, 2.75) is 45.1 Å². The average Bonchev–Trinajstić information content (AvgIpc) is 3.44. The first-order valence-corrected chi connectivity index (χ1v) is 9.82. The third kappa shape index (κ3) is 3.85. The highest BCUT2D eigenvalue weighted by molar-refractivity contribution is 5.78. The second-order valence-corrected chi connectivity index (χ2v) is 7.91. The first-order valence-electron chi connectivity index (χ1n) is 9.82. The van der Waals surface area contributed by atoms with Gasteiger partial charge in [0.25, 0.3) is 0 Å². The summed E-state index contributed by atoms with van der Waals surface area (Å²) in [5.41, 5.74) is 10.2. The zero-order valence-electron chi connectivity index (χ0n) is 16.3. The molecule has 2 N–H and O–H groups in total. The fourth-order valence-corrected chi connectivity index (χ4v) is 3.56. The van der Waals surface area contributed by atoms with Gasteiger partial charge in [0.1, 0.15) is 11.8 Å². The van der Waals surface area contributed by atoms with E-state index in [0.717, 1.165) is 28.9 Å². The van der Waals surface area contributed by atoms with Crippen LogP contribution in [0.1, 0.15) is 50.3 Å². The van der Waals surface area contributed by atoms with Gasteiger partial charge in [-0.2, -0.15) is 10.4 Å². The van der Waals surface area contributed by atoms with E-state index in [-0.39, 0.29) is 6.04 Å². The molecule has 2 aromatic heterocycles. The number of hydrogen-bond donors (Lipinski definition) is 1. The van der Waals surface area contributed by atoms with Crippen LogP contribution in [0.5, 0.6) is 5.75 Å². The molecule has 0 spiro atoms. The molecule has 1 aliphatic carbocycles. The van der Waals surface area contributed by atoms with Gasteiger partial charge in [-0.15, -0.1) is 0 Å². The van der Waals surface area contributed by atoms with Crippen LogP contribution < -0.4 is 10.5 Å². The number of nitrogens with zero attached hydrogens (tertiary/aromatic N) is 4. The lowest BCUT2D eigenvalue weighted by Crippen LogP contribution is -2.21. The minimum atomic E-state index is 0.139. The van der Waals surface area contributed by atoms with Gasteiger partial charge in [0.2, 0.25) is 0 Å². The van der Waals surface area contributed by atoms with E-state index in [9.17, 15) is 5.26 Å². The number of ether oxygens (including phenoxy) is 1. The Hall–Kier alpha value is -2.91. The Morgan fingerprint density at radius 2 is 2.14 bits per heavy atom. The molecule has 2 heterocycles. The van der Waals surface area contributed by atoms with Crippen molar-refractivity contribution < 1.29 is 4.74 Å². The standard InChI is InChI=1S/C22H25N5O/c1-14(9-15(2)24)13-28-21-6-5-17(10-18(21)11-23)19-7-8-25-27-12-20(16-3-4-16)26-22(19)27/h5-8,10,12,14-16H,3-4,9,13,24H2,1-2H3. The van der Waals surface area contributed by atoms with E-state index in [1.807, 2.05) is 41.9 Å². The molecule has 0 radical (unpaired) electrons. The number of fused-ring (bicyclic) bond motifs is 1. The number of benzene rings is 1. The van der Waals surface area contributed by atoms with E-state index in [4.69, 9.17) is 15.5 Å². The SMILES string of the molecule is CC(N)CC(C)COc1ccc(-c2ccnn3cc(C4CC4)nc23)cc1C#N. The zero-order chi connectivity index (χ0) is 19.7. The lowest BCUT2D eigenvalue weighted by molar-refractivity contribution is 0.246. The molecule has 1 fully saturated rings. The molecular weight excluding hydrogens is 350 g/mol. The topological polar surface area (TPSA) is 89.2 Å². The largest absolute Gasteiger partial charge is 0.492 e. The van der Waals surface area contributed by atoms with Crippen molar-refractivity contribution in [1.82, 2.24) is 14.6 Å². The van der Waals surface area contributed by atoms with E-state index >= 15 is 0 Å². The summed E-state index contributed by atoms with van der Waals surface area (Å²) in [6.07, 6.45) is 7.07.